The lowest BCUT2D eigenvalue weighted by molar-refractivity contribution is 0.0680. The van der Waals surface area contributed by atoms with Crippen molar-refractivity contribution in [2.45, 2.75) is 19.4 Å². The number of benzene rings is 1. The fourth-order valence-electron chi connectivity index (χ4n) is 3.95. The number of hydrogen-bond acceptors (Lipinski definition) is 6. The van der Waals surface area contributed by atoms with Crippen LogP contribution in [0.1, 0.15) is 23.2 Å². The Kier molecular flexibility index (Phi) is 4.70. The van der Waals surface area contributed by atoms with Crippen molar-refractivity contribution >= 4 is 5.91 Å². The van der Waals surface area contributed by atoms with Gasteiger partial charge in [0.05, 0.1) is 10.7 Å². The van der Waals surface area contributed by atoms with Crippen LogP contribution in [-0.4, -0.2) is 50.1 Å². The molecule has 0 radical (unpaired) electrons. The number of fused-ring (bicyclic) bond motifs is 1. The summed E-state index contributed by atoms with van der Waals surface area (Å²) in [6.07, 6.45) is 5.13. The number of nitrogens with zero attached hydrogens (tertiary/aromatic N) is 7. The number of hydrogen-bond donors (Lipinski definition) is 0. The van der Waals surface area contributed by atoms with Crippen LogP contribution in [0.5, 0.6) is 0 Å². The lowest BCUT2D eigenvalue weighted by atomic mass is 9.96. The first kappa shape index (κ1) is 18.4. The summed E-state index contributed by atoms with van der Waals surface area (Å²) >= 11 is 0. The van der Waals surface area contributed by atoms with E-state index in [4.69, 9.17) is 0 Å². The van der Waals surface area contributed by atoms with E-state index in [1.807, 2.05) is 29.2 Å². The third-order valence-electron chi connectivity index (χ3n) is 5.63. The predicted octanol–water partition coefficient (Wildman–Crippen LogP) is 0.192. The van der Waals surface area contributed by atoms with Gasteiger partial charge in [0.15, 0.2) is 5.82 Å². The average Bonchev–Trinajstić information content (AvgIpc) is 3.47. The molecule has 1 amide bonds. The quantitative estimate of drug-likeness (QED) is 0.621. The molecule has 0 unspecified atom stereocenters. The molecule has 9 heteroatoms. The summed E-state index contributed by atoms with van der Waals surface area (Å²) in [5.41, 5.74) is 0.523. The number of carbonyl (C=O) groups is 1. The van der Waals surface area contributed by atoms with E-state index in [9.17, 15) is 9.59 Å². The highest BCUT2D eigenvalue weighted by molar-refractivity contribution is 5.94. The number of carbonyl (C=O) groups excluding carboxylic acids is 1. The van der Waals surface area contributed by atoms with Crippen LogP contribution in [0.2, 0.25) is 0 Å². The van der Waals surface area contributed by atoms with Gasteiger partial charge in [-0.05, 0) is 49.1 Å². The first-order valence-electron chi connectivity index (χ1n) is 10.0. The topological polar surface area (TPSA) is 97.7 Å². The van der Waals surface area contributed by atoms with Gasteiger partial charge in [0.2, 0.25) is 0 Å². The molecule has 0 N–H and O–H groups in total. The molecule has 1 aromatic carbocycles. The summed E-state index contributed by atoms with van der Waals surface area (Å²) < 4.78 is 3.14. The molecule has 9 nitrogen and oxygen atoms in total. The van der Waals surface area contributed by atoms with E-state index < -0.39 is 0 Å². The fourth-order valence-corrected chi connectivity index (χ4v) is 3.95. The second-order valence-corrected chi connectivity index (χ2v) is 7.56. The van der Waals surface area contributed by atoms with E-state index in [0.29, 0.717) is 43.6 Å². The number of piperidine rings is 1. The molecule has 3 aromatic rings. The Balaban J connectivity index is 1.25. The molecule has 0 saturated carbocycles. The minimum absolute atomic E-state index is 0.0225. The Morgan fingerprint density at radius 1 is 1.07 bits per heavy atom. The molecule has 1 fully saturated rings. The molecule has 0 spiro atoms. The summed E-state index contributed by atoms with van der Waals surface area (Å²) in [4.78, 5) is 35.6. The van der Waals surface area contributed by atoms with Crippen LogP contribution in [-0.2, 0) is 6.54 Å². The fraction of sp³-hybridized carbons (Fsp3) is 0.333. The van der Waals surface area contributed by atoms with Gasteiger partial charge >= 0.3 is 0 Å². The summed E-state index contributed by atoms with van der Waals surface area (Å²) in [7, 11) is 0. The Morgan fingerprint density at radius 3 is 2.70 bits per heavy atom. The second-order valence-electron chi connectivity index (χ2n) is 7.56. The highest BCUT2D eigenvalue weighted by Crippen LogP contribution is 2.20. The molecule has 0 bridgehead atoms. The first-order chi connectivity index (χ1) is 14.7. The summed E-state index contributed by atoms with van der Waals surface area (Å²) in [5.74, 6) is 0.927. The zero-order valence-electron chi connectivity index (χ0n) is 16.4. The molecule has 30 heavy (non-hydrogen) atoms. The molecule has 4 heterocycles. The van der Waals surface area contributed by atoms with Crippen molar-refractivity contribution in [1.82, 2.24) is 24.5 Å². The SMILES string of the molecule is O=C(c1ccc2c(c1)=NCN=2)N1CCC(Cn2nc(-n3cccn3)ccc2=O)CC1. The largest absolute Gasteiger partial charge is 0.339 e. The minimum Gasteiger partial charge on any atom is -0.339 e. The number of aromatic nitrogens is 4. The number of amides is 1. The van der Waals surface area contributed by atoms with Crippen LogP contribution in [0.3, 0.4) is 0 Å². The van der Waals surface area contributed by atoms with Crippen molar-refractivity contribution < 1.29 is 4.79 Å². The van der Waals surface area contributed by atoms with Gasteiger partial charge in [-0.15, -0.1) is 5.10 Å². The molecule has 152 valence electrons. The van der Waals surface area contributed by atoms with Crippen molar-refractivity contribution in [2.24, 2.45) is 15.9 Å². The zero-order valence-corrected chi connectivity index (χ0v) is 16.4. The van der Waals surface area contributed by atoms with Crippen LogP contribution < -0.4 is 16.3 Å². The van der Waals surface area contributed by atoms with E-state index in [2.05, 4.69) is 20.2 Å². The standard InChI is InChI=1S/C21H21N7O2/c29-20-5-4-19(27-9-1-8-24-27)25-28(20)13-15-6-10-26(11-7-15)21(30)16-2-3-17-18(12-16)23-14-22-17/h1-5,8-9,12,15H,6-7,10-11,13-14H2. The van der Waals surface area contributed by atoms with Crippen LogP contribution >= 0.6 is 0 Å². The maximum atomic E-state index is 12.9. The molecule has 0 atom stereocenters. The Bertz CT molecular complexity index is 1260. The predicted molar refractivity (Wildman–Crippen MR) is 108 cm³/mol. The van der Waals surface area contributed by atoms with Gasteiger partial charge in [-0.1, -0.05) is 0 Å². The van der Waals surface area contributed by atoms with Gasteiger partial charge in [0, 0.05) is 43.7 Å². The molecule has 0 aliphatic carbocycles. The molecular formula is C21H21N7O2. The third-order valence-corrected chi connectivity index (χ3v) is 5.63. The summed E-state index contributed by atoms with van der Waals surface area (Å²) in [5, 5.41) is 10.3. The molecular weight excluding hydrogens is 382 g/mol. The van der Waals surface area contributed by atoms with E-state index in [-0.39, 0.29) is 11.5 Å². The average molecular weight is 403 g/mol. The summed E-state index contributed by atoms with van der Waals surface area (Å²) in [6, 6.07) is 10.5. The maximum absolute atomic E-state index is 12.9. The van der Waals surface area contributed by atoms with Crippen LogP contribution in [0.15, 0.2) is 63.6 Å². The van der Waals surface area contributed by atoms with Crippen molar-refractivity contribution in [1.29, 1.82) is 0 Å². The highest BCUT2D eigenvalue weighted by atomic mass is 16.2. The lowest BCUT2D eigenvalue weighted by Gasteiger charge is -2.32. The lowest BCUT2D eigenvalue weighted by Crippen LogP contribution is -2.41. The van der Waals surface area contributed by atoms with Crippen molar-refractivity contribution in [3.8, 4) is 5.82 Å². The van der Waals surface area contributed by atoms with Gasteiger partial charge in [-0.25, -0.2) is 9.36 Å². The number of rotatable bonds is 4. The smallest absolute Gasteiger partial charge is 0.266 e. The molecule has 2 aromatic heterocycles. The minimum atomic E-state index is -0.128. The monoisotopic (exact) mass is 403 g/mol. The van der Waals surface area contributed by atoms with E-state index >= 15 is 0 Å². The Morgan fingerprint density at radius 2 is 1.90 bits per heavy atom. The van der Waals surface area contributed by atoms with Gasteiger partial charge < -0.3 is 4.90 Å². The highest BCUT2D eigenvalue weighted by Gasteiger charge is 2.24. The van der Waals surface area contributed by atoms with Crippen LogP contribution in [0.25, 0.3) is 5.82 Å². The summed E-state index contributed by atoms with van der Waals surface area (Å²) in [6.45, 7) is 2.30. The third kappa shape index (κ3) is 3.54. The van der Waals surface area contributed by atoms with Gasteiger partial charge in [0.25, 0.3) is 11.5 Å². The first-order valence-corrected chi connectivity index (χ1v) is 10.0. The Hall–Kier alpha value is -3.62. The maximum Gasteiger partial charge on any atom is 0.266 e. The van der Waals surface area contributed by atoms with Gasteiger partial charge in [0.1, 0.15) is 6.67 Å². The Labute approximate surface area is 172 Å². The molecule has 5 rings (SSSR count). The van der Waals surface area contributed by atoms with Crippen LogP contribution in [0.4, 0.5) is 0 Å². The van der Waals surface area contributed by atoms with Crippen molar-refractivity contribution in [3.05, 3.63) is 75.4 Å². The molecule has 2 aliphatic heterocycles. The van der Waals surface area contributed by atoms with Crippen molar-refractivity contribution in [3.63, 3.8) is 0 Å². The molecule has 1 saturated heterocycles. The molecule has 2 aliphatic rings. The van der Waals surface area contributed by atoms with Gasteiger partial charge in [-0.2, -0.15) is 5.10 Å². The number of likely N-dealkylation sites (tertiary alicyclic amines) is 1. The second kappa shape index (κ2) is 7.66. The van der Waals surface area contributed by atoms with E-state index in [1.54, 1.807) is 23.1 Å². The van der Waals surface area contributed by atoms with Crippen molar-refractivity contribution in [2.75, 3.05) is 19.8 Å². The van der Waals surface area contributed by atoms with Gasteiger partial charge in [-0.3, -0.25) is 19.6 Å². The zero-order chi connectivity index (χ0) is 20.5. The normalized spacial score (nSPS) is 16.1. The van der Waals surface area contributed by atoms with E-state index in [0.717, 1.165) is 23.6 Å². The van der Waals surface area contributed by atoms with E-state index in [1.165, 1.54) is 10.7 Å². The van der Waals surface area contributed by atoms with Crippen LogP contribution in [0, 0.1) is 5.92 Å².